The van der Waals surface area contributed by atoms with Crippen LogP contribution >= 0.6 is 15.9 Å². The smallest absolute Gasteiger partial charge is 0.329 e. The molecule has 0 unspecified atom stereocenters. The predicted molar refractivity (Wildman–Crippen MR) is 139 cm³/mol. The van der Waals surface area contributed by atoms with Gasteiger partial charge in [-0.15, -0.1) is 0 Å². The van der Waals surface area contributed by atoms with Crippen LogP contribution in [0.1, 0.15) is 16.7 Å². The SMILES string of the molecule is COc1cc(/C=C2/NC(=O)N(CC(=O)Nc3cccc(C)c3)C2=O)cc(Br)c1OCc1ccc(F)cc1. The van der Waals surface area contributed by atoms with E-state index in [2.05, 4.69) is 26.6 Å². The number of urea groups is 1. The van der Waals surface area contributed by atoms with Crippen LogP contribution in [0.2, 0.25) is 0 Å². The van der Waals surface area contributed by atoms with E-state index in [1.165, 1.54) is 25.3 Å². The number of halogens is 2. The quantitative estimate of drug-likeness (QED) is 0.294. The molecule has 0 saturated carbocycles. The van der Waals surface area contributed by atoms with Gasteiger partial charge in [-0.3, -0.25) is 9.59 Å². The Morgan fingerprint density at radius 2 is 1.89 bits per heavy atom. The molecule has 1 heterocycles. The second-order valence-electron chi connectivity index (χ2n) is 8.25. The van der Waals surface area contributed by atoms with Gasteiger partial charge in [0, 0.05) is 5.69 Å². The number of anilines is 1. The van der Waals surface area contributed by atoms with E-state index in [1.807, 2.05) is 13.0 Å². The van der Waals surface area contributed by atoms with Crippen LogP contribution in [-0.4, -0.2) is 36.4 Å². The van der Waals surface area contributed by atoms with E-state index in [0.29, 0.717) is 27.2 Å². The van der Waals surface area contributed by atoms with Crippen molar-refractivity contribution in [1.29, 1.82) is 0 Å². The van der Waals surface area contributed by atoms with Crippen LogP contribution < -0.4 is 20.1 Å². The van der Waals surface area contributed by atoms with Gasteiger partial charge >= 0.3 is 6.03 Å². The molecule has 0 atom stereocenters. The number of imide groups is 1. The number of aryl methyl sites for hydroxylation is 1. The molecule has 0 radical (unpaired) electrons. The van der Waals surface area contributed by atoms with Gasteiger partial charge in [0.2, 0.25) is 5.91 Å². The Balaban J connectivity index is 1.46. The van der Waals surface area contributed by atoms with Crippen LogP contribution in [-0.2, 0) is 16.2 Å². The molecule has 190 valence electrons. The average molecular weight is 568 g/mol. The van der Waals surface area contributed by atoms with E-state index in [4.69, 9.17) is 9.47 Å². The lowest BCUT2D eigenvalue weighted by atomic mass is 10.1. The molecule has 4 rings (SSSR count). The van der Waals surface area contributed by atoms with Crippen molar-refractivity contribution in [2.24, 2.45) is 0 Å². The van der Waals surface area contributed by atoms with Crippen molar-refractivity contribution < 1.29 is 28.2 Å². The number of ether oxygens (including phenoxy) is 2. The van der Waals surface area contributed by atoms with Crippen molar-refractivity contribution in [3.63, 3.8) is 0 Å². The normalized spacial score (nSPS) is 14.1. The summed E-state index contributed by atoms with van der Waals surface area (Å²) in [5, 5.41) is 5.19. The van der Waals surface area contributed by atoms with Crippen LogP contribution in [0.4, 0.5) is 14.9 Å². The Labute approximate surface area is 221 Å². The Morgan fingerprint density at radius 1 is 1.14 bits per heavy atom. The summed E-state index contributed by atoms with van der Waals surface area (Å²) in [6, 6.07) is 15.8. The maximum Gasteiger partial charge on any atom is 0.329 e. The molecule has 0 spiro atoms. The number of carbonyl (C=O) groups excluding carboxylic acids is 3. The predicted octanol–water partition coefficient (Wildman–Crippen LogP) is 5.02. The fourth-order valence-corrected chi connectivity index (χ4v) is 4.22. The number of benzene rings is 3. The minimum atomic E-state index is -0.694. The molecule has 8 nitrogen and oxygen atoms in total. The topological polar surface area (TPSA) is 97.0 Å². The van der Waals surface area contributed by atoms with Crippen LogP contribution in [0.25, 0.3) is 6.08 Å². The molecule has 0 bridgehead atoms. The first-order valence-electron chi connectivity index (χ1n) is 11.2. The molecule has 0 aliphatic carbocycles. The molecule has 3 aromatic carbocycles. The first-order valence-corrected chi connectivity index (χ1v) is 12.0. The van der Waals surface area contributed by atoms with Gasteiger partial charge in [-0.1, -0.05) is 24.3 Å². The van der Waals surface area contributed by atoms with E-state index in [1.54, 1.807) is 42.5 Å². The van der Waals surface area contributed by atoms with Crippen molar-refractivity contribution in [3.8, 4) is 11.5 Å². The van der Waals surface area contributed by atoms with Crippen LogP contribution in [0.3, 0.4) is 0 Å². The zero-order valence-electron chi connectivity index (χ0n) is 20.0. The van der Waals surface area contributed by atoms with Gasteiger partial charge in [0.25, 0.3) is 5.91 Å². The van der Waals surface area contributed by atoms with E-state index < -0.39 is 24.4 Å². The first kappa shape index (κ1) is 25.9. The molecule has 2 N–H and O–H groups in total. The molecule has 10 heteroatoms. The second-order valence-corrected chi connectivity index (χ2v) is 9.10. The Hall–Kier alpha value is -4.18. The van der Waals surface area contributed by atoms with Crippen molar-refractivity contribution in [2.75, 3.05) is 19.0 Å². The molecular weight excluding hydrogens is 545 g/mol. The van der Waals surface area contributed by atoms with Crippen molar-refractivity contribution in [1.82, 2.24) is 10.2 Å². The van der Waals surface area contributed by atoms with E-state index in [0.717, 1.165) is 16.0 Å². The van der Waals surface area contributed by atoms with Gasteiger partial charge in [0.1, 0.15) is 24.7 Å². The molecule has 0 aromatic heterocycles. The summed E-state index contributed by atoms with van der Waals surface area (Å²) >= 11 is 3.45. The lowest BCUT2D eigenvalue weighted by molar-refractivity contribution is -0.127. The summed E-state index contributed by atoms with van der Waals surface area (Å²) in [7, 11) is 1.47. The molecule has 1 aliphatic heterocycles. The third-order valence-electron chi connectivity index (χ3n) is 5.43. The lowest BCUT2D eigenvalue weighted by Gasteiger charge is -2.14. The summed E-state index contributed by atoms with van der Waals surface area (Å²) in [4.78, 5) is 38.5. The van der Waals surface area contributed by atoms with Gasteiger partial charge in [-0.2, -0.15) is 0 Å². The van der Waals surface area contributed by atoms with Crippen LogP contribution in [0.15, 0.2) is 70.8 Å². The van der Waals surface area contributed by atoms with Crippen molar-refractivity contribution in [2.45, 2.75) is 13.5 Å². The van der Waals surface area contributed by atoms with Crippen molar-refractivity contribution >= 4 is 45.5 Å². The fraction of sp³-hybridized carbons (Fsp3) is 0.148. The number of rotatable bonds is 8. The van der Waals surface area contributed by atoms with Crippen LogP contribution in [0.5, 0.6) is 11.5 Å². The molecule has 1 fully saturated rings. The third-order valence-corrected chi connectivity index (χ3v) is 6.01. The highest BCUT2D eigenvalue weighted by atomic mass is 79.9. The first-order chi connectivity index (χ1) is 17.7. The van der Waals surface area contributed by atoms with Gasteiger partial charge in [0.05, 0.1) is 11.6 Å². The number of nitrogens with zero attached hydrogens (tertiary/aromatic N) is 1. The highest BCUT2D eigenvalue weighted by Gasteiger charge is 2.35. The molecule has 4 amide bonds. The molecule has 3 aromatic rings. The minimum absolute atomic E-state index is 0.0160. The summed E-state index contributed by atoms with van der Waals surface area (Å²) in [6.45, 7) is 1.64. The zero-order chi connectivity index (χ0) is 26.5. The van der Waals surface area contributed by atoms with E-state index in [-0.39, 0.29) is 18.1 Å². The minimum Gasteiger partial charge on any atom is -0.493 e. The Morgan fingerprint density at radius 3 is 2.59 bits per heavy atom. The summed E-state index contributed by atoms with van der Waals surface area (Å²) in [5.41, 5.74) is 2.88. The fourth-order valence-electron chi connectivity index (χ4n) is 3.65. The molecular formula is C27H23BrFN3O5. The third kappa shape index (κ3) is 6.34. The highest BCUT2D eigenvalue weighted by Crippen LogP contribution is 2.38. The van der Waals surface area contributed by atoms with Crippen LogP contribution in [0, 0.1) is 12.7 Å². The van der Waals surface area contributed by atoms with Gasteiger partial charge < -0.3 is 20.1 Å². The van der Waals surface area contributed by atoms with Gasteiger partial charge in [-0.05, 0) is 82.0 Å². The monoisotopic (exact) mass is 567 g/mol. The zero-order valence-corrected chi connectivity index (χ0v) is 21.6. The maximum absolute atomic E-state index is 13.1. The molecule has 1 saturated heterocycles. The number of carbonyl (C=O) groups is 3. The number of methoxy groups -OCH3 is 1. The summed E-state index contributed by atoms with van der Waals surface area (Å²) < 4.78 is 25.0. The summed E-state index contributed by atoms with van der Waals surface area (Å²) in [5.74, 6) is -0.655. The van der Waals surface area contributed by atoms with E-state index >= 15 is 0 Å². The summed E-state index contributed by atoms with van der Waals surface area (Å²) in [6.07, 6.45) is 1.48. The Kier molecular flexibility index (Phi) is 7.88. The molecule has 1 aliphatic rings. The molecule has 37 heavy (non-hydrogen) atoms. The highest BCUT2D eigenvalue weighted by molar-refractivity contribution is 9.10. The van der Waals surface area contributed by atoms with Gasteiger partial charge in [0.15, 0.2) is 11.5 Å². The lowest BCUT2D eigenvalue weighted by Crippen LogP contribution is -2.38. The number of hydrogen-bond acceptors (Lipinski definition) is 5. The van der Waals surface area contributed by atoms with Gasteiger partial charge in [-0.25, -0.2) is 14.1 Å². The maximum atomic E-state index is 13.1. The average Bonchev–Trinajstić information content (AvgIpc) is 3.11. The van der Waals surface area contributed by atoms with Crippen molar-refractivity contribution in [3.05, 3.63) is 93.3 Å². The second kappa shape index (κ2) is 11.3. The standard InChI is InChI=1S/C27H23BrFN3O5/c1-16-4-3-5-20(10-16)30-24(33)14-32-26(34)22(31-27(32)35)12-18-11-21(28)25(23(13-18)36-2)37-15-17-6-8-19(29)9-7-17/h3-13H,14-15H2,1-2H3,(H,30,33)(H,31,35)/b22-12+. The number of nitrogens with one attached hydrogen (secondary N) is 2. The van der Waals surface area contributed by atoms with E-state index in [9.17, 15) is 18.8 Å². The number of amides is 4. The number of hydrogen-bond donors (Lipinski definition) is 2. The largest absolute Gasteiger partial charge is 0.493 e. The Bertz CT molecular complexity index is 1390.